The second-order valence-electron chi connectivity index (χ2n) is 11.2. The SMILES string of the molecule is CC1=[N+](c2ccc3ncnc(Nc4ccc(Oc5ccn6ncnc6c5)c(C)c4)c3n2)CCN(C(=O)OC(C)(C)C)C1. The van der Waals surface area contributed by atoms with Crippen LogP contribution in [0, 0.1) is 6.92 Å². The number of benzene rings is 1. The molecule has 42 heavy (non-hydrogen) atoms. The van der Waals surface area contributed by atoms with Crippen LogP contribution in [0.1, 0.15) is 33.3 Å². The van der Waals surface area contributed by atoms with E-state index in [9.17, 15) is 4.79 Å². The van der Waals surface area contributed by atoms with Crippen LogP contribution in [-0.2, 0) is 4.74 Å². The summed E-state index contributed by atoms with van der Waals surface area (Å²) in [6.45, 7) is 11.2. The van der Waals surface area contributed by atoms with E-state index in [1.165, 1.54) is 12.7 Å². The maximum absolute atomic E-state index is 12.6. The molecule has 1 amide bonds. The molecule has 0 bridgehead atoms. The van der Waals surface area contributed by atoms with Crippen LogP contribution in [-0.4, -0.2) is 76.1 Å². The molecule has 1 aromatic carbocycles. The summed E-state index contributed by atoms with van der Waals surface area (Å²) < 4.78 is 15.5. The lowest BCUT2D eigenvalue weighted by molar-refractivity contribution is -0.452. The van der Waals surface area contributed by atoms with Gasteiger partial charge in [-0.25, -0.2) is 28.8 Å². The molecule has 1 N–H and O–H groups in total. The summed E-state index contributed by atoms with van der Waals surface area (Å²) in [5, 5.41) is 7.52. The number of hydrogen-bond acceptors (Lipinski definition) is 9. The molecule has 12 nitrogen and oxygen atoms in total. The summed E-state index contributed by atoms with van der Waals surface area (Å²) in [4.78, 5) is 32.4. The Hall–Kier alpha value is -5.13. The van der Waals surface area contributed by atoms with E-state index in [1.54, 1.807) is 9.42 Å². The van der Waals surface area contributed by atoms with Crippen molar-refractivity contribution >= 4 is 45.8 Å². The monoisotopic (exact) mass is 566 g/mol. The number of carbonyl (C=O) groups is 1. The van der Waals surface area contributed by atoms with E-state index in [2.05, 4.69) is 29.9 Å². The van der Waals surface area contributed by atoms with Crippen molar-refractivity contribution in [3.05, 3.63) is 66.9 Å². The van der Waals surface area contributed by atoms with Crippen LogP contribution in [0.25, 0.3) is 16.7 Å². The predicted octanol–water partition coefficient (Wildman–Crippen LogP) is 5.27. The number of aromatic nitrogens is 6. The topological polar surface area (TPSA) is 123 Å². The first-order chi connectivity index (χ1) is 20.1. The average Bonchev–Trinajstić information content (AvgIpc) is 3.42. The van der Waals surface area contributed by atoms with Crippen molar-refractivity contribution in [2.75, 3.05) is 25.0 Å². The standard InChI is InChI=1S/C30H32N9O3/c1-19-14-21(6-8-24(19)41-22-10-11-39-26(15-22)32-18-34-39)35-28-27-23(31-17-33-28)7-9-25(36-27)38-13-12-37(16-20(38)2)29(40)42-30(3,4)5/h6-11,14-15,17-18H,12-13,16H2,1-5H3,(H,31,33,35)/q+1. The molecule has 6 rings (SSSR count). The van der Waals surface area contributed by atoms with Crippen molar-refractivity contribution in [1.29, 1.82) is 0 Å². The van der Waals surface area contributed by atoms with Crippen LogP contribution in [0.15, 0.2) is 61.3 Å². The molecular weight excluding hydrogens is 534 g/mol. The smallest absolute Gasteiger partial charge is 0.410 e. The Balaban J connectivity index is 1.22. The number of hydrogen-bond donors (Lipinski definition) is 1. The highest BCUT2D eigenvalue weighted by molar-refractivity contribution is 5.88. The van der Waals surface area contributed by atoms with E-state index in [1.807, 2.05) is 83.3 Å². The van der Waals surface area contributed by atoms with Crippen LogP contribution in [0.5, 0.6) is 11.5 Å². The van der Waals surface area contributed by atoms with Gasteiger partial charge in [-0.15, -0.1) is 0 Å². The van der Waals surface area contributed by atoms with Crippen molar-refractivity contribution in [3.8, 4) is 11.5 Å². The lowest BCUT2D eigenvalue weighted by Gasteiger charge is -2.30. The van der Waals surface area contributed by atoms with Crippen molar-refractivity contribution in [1.82, 2.24) is 34.4 Å². The van der Waals surface area contributed by atoms with Crippen LogP contribution in [0.3, 0.4) is 0 Å². The zero-order valence-corrected chi connectivity index (χ0v) is 24.2. The van der Waals surface area contributed by atoms with Crippen molar-refractivity contribution in [2.24, 2.45) is 0 Å². The Morgan fingerprint density at radius 2 is 1.88 bits per heavy atom. The Bertz CT molecular complexity index is 1840. The summed E-state index contributed by atoms with van der Waals surface area (Å²) in [5.41, 5.74) is 4.34. The van der Waals surface area contributed by atoms with Gasteiger partial charge in [0, 0.05) is 24.0 Å². The van der Waals surface area contributed by atoms with Crippen molar-refractivity contribution in [2.45, 2.75) is 40.2 Å². The minimum absolute atomic E-state index is 0.309. The van der Waals surface area contributed by atoms with E-state index >= 15 is 0 Å². The second-order valence-corrected chi connectivity index (χ2v) is 11.2. The number of ether oxygens (including phenoxy) is 2. The summed E-state index contributed by atoms with van der Waals surface area (Å²) in [6, 6.07) is 13.4. The second kappa shape index (κ2) is 10.7. The number of rotatable bonds is 5. The summed E-state index contributed by atoms with van der Waals surface area (Å²) in [5.74, 6) is 2.77. The van der Waals surface area contributed by atoms with Gasteiger partial charge in [0.2, 0.25) is 5.52 Å². The Labute approximate surface area is 242 Å². The lowest BCUT2D eigenvalue weighted by Crippen LogP contribution is -2.47. The molecule has 5 aromatic rings. The largest absolute Gasteiger partial charge is 0.457 e. The number of nitrogens with zero attached hydrogens (tertiary/aromatic N) is 8. The molecule has 4 aromatic heterocycles. The molecule has 1 aliphatic heterocycles. The number of amides is 1. The Morgan fingerprint density at radius 1 is 1.02 bits per heavy atom. The molecule has 0 fully saturated rings. The predicted molar refractivity (Wildman–Crippen MR) is 158 cm³/mol. The number of pyridine rings is 2. The molecular formula is C30H32N9O3+. The molecule has 0 unspecified atom stereocenters. The average molecular weight is 567 g/mol. The van der Waals surface area contributed by atoms with Crippen LogP contribution in [0.2, 0.25) is 0 Å². The zero-order valence-electron chi connectivity index (χ0n) is 24.2. The molecule has 1 aliphatic rings. The number of carbonyl (C=O) groups excluding carboxylic acids is 1. The highest BCUT2D eigenvalue weighted by Gasteiger charge is 2.29. The van der Waals surface area contributed by atoms with E-state index < -0.39 is 5.60 Å². The van der Waals surface area contributed by atoms with Gasteiger partial charge in [-0.05, 0) is 75.5 Å². The van der Waals surface area contributed by atoms with E-state index in [4.69, 9.17) is 14.5 Å². The van der Waals surface area contributed by atoms with Crippen LogP contribution in [0.4, 0.5) is 22.1 Å². The maximum Gasteiger partial charge on any atom is 0.410 e. The zero-order chi connectivity index (χ0) is 29.4. The summed E-state index contributed by atoms with van der Waals surface area (Å²) in [7, 11) is 0. The van der Waals surface area contributed by atoms with Gasteiger partial charge in [-0.1, -0.05) is 0 Å². The molecule has 0 spiro atoms. The number of nitrogens with one attached hydrogen (secondary N) is 1. The van der Waals surface area contributed by atoms with Crippen LogP contribution < -0.4 is 10.1 Å². The normalized spacial score (nSPS) is 14.0. The van der Waals surface area contributed by atoms with Gasteiger partial charge in [0.15, 0.2) is 11.5 Å². The molecule has 0 saturated carbocycles. The number of fused-ring (bicyclic) bond motifs is 2. The quantitative estimate of drug-likeness (QED) is 0.284. The van der Waals surface area contributed by atoms with Gasteiger partial charge < -0.3 is 14.8 Å². The van der Waals surface area contributed by atoms with Crippen molar-refractivity contribution < 1.29 is 18.8 Å². The van der Waals surface area contributed by atoms with Gasteiger partial charge >= 0.3 is 11.9 Å². The van der Waals surface area contributed by atoms with E-state index in [0.717, 1.165) is 34.0 Å². The molecule has 0 radical (unpaired) electrons. The van der Waals surface area contributed by atoms with E-state index in [0.29, 0.717) is 42.4 Å². The third kappa shape index (κ3) is 5.69. The number of aryl methyl sites for hydroxylation is 1. The Morgan fingerprint density at radius 3 is 2.67 bits per heavy atom. The minimum atomic E-state index is -0.537. The molecule has 12 heteroatoms. The van der Waals surface area contributed by atoms with Gasteiger partial charge in [-0.3, -0.25) is 4.90 Å². The molecule has 5 heterocycles. The molecule has 0 saturated heterocycles. The fourth-order valence-electron chi connectivity index (χ4n) is 4.78. The highest BCUT2D eigenvalue weighted by Crippen LogP contribution is 2.30. The van der Waals surface area contributed by atoms with Gasteiger partial charge in [0.05, 0.1) is 18.8 Å². The van der Waals surface area contributed by atoms with Gasteiger partial charge in [-0.2, -0.15) is 5.10 Å². The minimum Gasteiger partial charge on any atom is -0.457 e. The molecule has 0 aliphatic carbocycles. The first kappa shape index (κ1) is 27.1. The number of anilines is 2. The first-order valence-corrected chi connectivity index (χ1v) is 13.7. The first-order valence-electron chi connectivity index (χ1n) is 13.7. The van der Waals surface area contributed by atoms with Crippen molar-refractivity contribution in [3.63, 3.8) is 0 Å². The lowest BCUT2D eigenvalue weighted by atomic mass is 10.2. The molecule has 214 valence electrons. The summed E-state index contributed by atoms with van der Waals surface area (Å²) >= 11 is 0. The maximum atomic E-state index is 12.6. The third-order valence-electron chi connectivity index (χ3n) is 6.79. The third-order valence-corrected chi connectivity index (χ3v) is 6.79. The fraction of sp³-hybridized carbons (Fsp3) is 0.300. The fourth-order valence-corrected chi connectivity index (χ4v) is 4.78. The molecule has 0 atom stereocenters. The van der Waals surface area contributed by atoms with Gasteiger partial charge in [0.25, 0.3) is 0 Å². The Kier molecular flexibility index (Phi) is 6.89. The van der Waals surface area contributed by atoms with Gasteiger partial charge in [0.1, 0.15) is 41.8 Å². The highest BCUT2D eigenvalue weighted by atomic mass is 16.6. The van der Waals surface area contributed by atoms with E-state index in [-0.39, 0.29) is 6.09 Å². The summed E-state index contributed by atoms with van der Waals surface area (Å²) in [6.07, 6.45) is 4.53. The van der Waals surface area contributed by atoms with Crippen LogP contribution >= 0.6 is 0 Å².